The Bertz CT molecular complexity index is 923. The first-order valence-electron chi connectivity index (χ1n) is 9.66. The molecule has 28 heavy (non-hydrogen) atoms. The zero-order valence-electron chi connectivity index (χ0n) is 16.0. The average molecular weight is 393 g/mol. The van der Waals surface area contributed by atoms with Crippen LogP contribution in [0.2, 0.25) is 0 Å². The summed E-state index contributed by atoms with van der Waals surface area (Å²) in [4.78, 5) is 21.7. The molecule has 1 aromatic heterocycles. The van der Waals surface area contributed by atoms with Gasteiger partial charge in [0.15, 0.2) is 0 Å². The Morgan fingerprint density at radius 2 is 1.79 bits per heavy atom. The van der Waals surface area contributed by atoms with Crippen LogP contribution in [0.1, 0.15) is 33.7 Å². The highest BCUT2D eigenvalue weighted by Crippen LogP contribution is 2.21. The molecule has 2 heterocycles. The molecule has 6 heteroatoms. The number of rotatable bonds is 4. The molecule has 1 aliphatic heterocycles. The van der Waals surface area contributed by atoms with E-state index >= 15 is 0 Å². The lowest BCUT2D eigenvalue weighted by molar-refractivity contribution is 0.0767. The first kappa shape index (κ1) is 18.6. The lowest BCUT2D eigenvalue weighted by Crippen LogP contribution is -2.35. The second-order valence-electron chi connectivity index (χ2n) is 7.15. The standard InChI is InChI=1S/C22H24N4OS/c1-17-8-10-18(11-9-17)16-20-23-22(28-24-20)26-13-5-12-25(14-15-26)21(27)19-6-3-2-4-7-19/h2-4,6-11H,5,12-16H2,1H3. The minimum absolute atomic E-state index is 0.111. The second kappa shape index (κ2) is 8.52. The zero-order valence-corrected chi connectivity index (χ0v) is 16.9. The molecule has 1 saturated heterocycles. The Morgan fingerprint density at radius 1 is 1.00 bits per heavy atom. The van der Waals surface area contributed by atoms with Gasteiger partial charge in [0.05, 0.1) is 0 Å². The highest BCUT2D eigenvalue weighted by atomic mass is 32.1. The van der Waals surface area contributed by atoms with E-state index in [0.717, 1.165) is 49.0 Å². The second-order valence-corrected chi connectivity index (χ2v) is 7.88. The predicted molar refractivity (Wildman–Crippen MR) is 113 cm³/mol. The van der Waals surface area contributed by atoms with E-state index in [1.54, 1.807) is 0 Å². The lowest BCUT2D eigenvalue weighted by Gasteiger charge is -2.21. The number of aryl methyl sites for hydroxylation is 1. The molecule has 0 unspecified atom stereocenters. The van der Waals surface area contributed by atoms with Gasteiger partial charge in [-0.25, -0.2) is 4.98 Å². The molecular formula is C22H24N4OS. The summed E-state index contributed by atoms with van der Waals surface area (Å²) in [7, 11) is 0. The van der Waals surface area contributed by atoms with Crippen LogP contribution in [0.25, 0.3) is 0 Å². The van der Waals surface area contributed by atoms with Crippen LogP contribution < -0.4 is 4.90 Å². The van der Waals surface area contributed by atoms with Gasteiger partial charge in [-0.1, -0.05) is 48.0 Å². The van der Waals surface area contributed by atoms with Crippen molar-refractivity contribution in [2.45, 2.75) is 19.8 Å². The first-order valence-corrected chi connectivity index (χ1v) is 10.4. The van der Waals surface area contributed by atoms with Gasteiger partial charge in [0.1, 0.15) is 5.82 Å². The van der Waals surface area contributed by atoms with Crippen molar-refractivity contribution in [3.63, 3.8) is 0 Å². The summed E-state index contributed by atoms with van der Waals surface area (Å²) in [6, 6.07) is 18.0. The molecule has 2 aromatic carbocycles. The van der Waals surface area contributed by atoms with Gasteiger partial charge in [-0.05, 0) is 31.0 Å². The Labute approximate surface area is 169 Å². The van der Waals surface area contributed by atoms with Crippen LogP contribution in [0.15, 0.2) is 54.6 Å². The third-order valence-corrected chi connectivity index (χ3v) is 5.83. The Kier molecular flexibility index (Phi) is 5.67. The van der Waals surface area contributed by atoms with Gasteiger partial charge in [-0.15, -0.1) is 0 Å². The number of aromatic nitrogens is 2. The molecule has 3 aromatic rings. The first-order chi connectivity index (χ1) is 13.7. The van der Waals surface area contributed by atoms with Crippen molar-refractivity contribution in [3.8, 4) is 0 Å². The summed E-state index contributed by atoms with van der Waals surface area (Å²) in [5, 5.41) is 0.955. The highest BCUT2D eigenvalue weighted by molar-refractivity contribution is 7.09. The third-order valence-electron chi connectivity index (χ3n) is 5.01. The van der Waals surface area contributed by atoms with Gasteiger partial charge < -0.3 is 9.80 Å². The summed E-state index contributed by atoms with van der Waals surface area (Å²) in [5.41, 5.74) is 3.24. The van der Waals surface area contributed by atoms with Gasteiger partial charge >= 0.3 is 0 Å². The van der Waals surface area contributed by atoms with E-state index in [2.05, 4.69) is 40.5 Å². The molecule has 0 aliphatic carbocycles. The molecule has 0 spiro atoms. The Balaban J connectivity index is 1.39. The smallest absolute Gasteiger partial charge is 0.253 e. The van der Waals surface area contributed by atoms with Crippen LogP contribution in [-0.4, -0.2) is 46.3 Å². The number of nitrogens with zero attached hydrogens (tertiary/aromatic N) is 4. The number of hydrogen-bond acceptors (Lipinski definition) is 5. The van der Waals surface area contributed by atoms with E-state index < -0.39 is 0 Å². The number of carbonyl (C=O) groups is 1. The summed E-state index contributed by atoms with van der Waals surface area (Å²) in [6.45, 7) is 5.27. The normalized spacial score (nSPS) is 14.8. The lowest BCUT2D eigenvalue weighted by atomic mass is 10.1. The van der Waals surface area contributed by atoms with Crippen molar-refractivity contribution < 1.29 is 4.79 Å². The predicted octanol–water partition coefficient (Wildman–Crippen LogP) is 3.79. The van der Waals surface area contributed by atoms with Crippen LogP contribution in [0.5, 0.6) is 0 Å². The van der Waals surface area contributed by atoms with E-state index in [1.807, 2.05) is 35.2 Å². The molecular weight excluding hydrogens is 368 g/mol. The van der Waals surface area contributed by atoms with Gasteiger partial charge in [-0.2, -0.15) is 4.37 Å². The molecule has 0 N–H and O–H groups in total. The summed E-state index contributed by atoms with van der Waals surface area (Å²) in [6.07, 6.45) is 1.69. The van der Waals surface area contributed by atoms with E-state index in [4.69, 9.17) is 4.98 Å². The molecule has 1 fully saturated rings. The van der Waals surface area contributed by atoms with E-state index in [1.165, 1.54) is 22.7 Å². The third kappa shape index (κ3) is 4.39. The van der Waals surface area contributed by atoms with Crippen LogP contribution in [0, 0.1) is 6.92 Å². The van der Waals surface area contributed by atoms with Gasteiger partial charge in [0, 0.05) is 49.7 Å². The van der Waals surface area contributed by atoms with E-state index in [-0.39, 0.29) is 5.91 Å². The van der Waals surface area contributed by atoms with Gasteiger partial charge in [0.2, 0.25) is 5.13 Å². The fourth-order valence-electron chi connectivity index (χ4n) is 3.41. The summed E-state index contributed by atoms with van der Waals surface area (Å²) in [5.74, 6) is 0.977. The maximum absolute atomic E-state index is 12.7. The van der Waals surface area contributed by atoms with Crippen molar-refractivity contribution in [1.29, 1.82) is 0 Å². The molecule has 0 bridgehead atoms. The van der Waals surface area contributed by atoms with Crippen molar-refractivity contribution >= 4 is 22.6 Å². The maximum atomic E-state index is 12.7. The quantitative estimate of drug-likeness (QED) is 0.678. The minimum atomic E-state index is 0.111. The number of amides is 1. The van der Waals surface area contributed by atoms with Crippen molar-refractivity contribution in [1.82, 2.24) is 14.3 Å². The van der Waals surface area contributed by atoms with Crippen LogP contribution >= 0.6 is 11.5 Å². The number of benzene rings is 2. The monoisotopic (exact) mass is 392 g/mol. The molecule has 1 amide bonds. The number of anilines is 1. The number of carbonyl (C=O) groups excluding carboxylic acids is 1. The topological polar surface area (TPSA) is 49.3 Å². The van der Waals surface area contributed by atoms with Crippen molar-refractivity contribution in [3.05, 3.63) is 77.1 Å². The van der Waals surface area contributed by atoms with Crippen LogP contribution in [-0.2, 0) is 6.42 Å². The summed E-state index contributed by atoms with van der Waals surface area (Å²) >= 11 is 1.46. The van der Waals surface area contributed by atoms with Gasteiger partial charge in [0.25, 0.3) is 5.91 Å². The van der Waals surface area contributed by atoms with Gasteiger partial charge in [-0.3, -0.25) is 4.79 Å². The molecule has 0 atom stereocenters. The minimum Gasteiger partial charge on any atom is -0.345 e. The largest absolute Gasteiger partial charge is 0.345 e. The summed E-state index contributed by atoms with van der Waals surface area (Å²) < 4.78 is 4.55. The average Bonchev–Trinajstić information content (AvgIpc) is 3.05. The molecule has 144 valence electrons. The molecule has 5 nitrogen and oxygen atoms in total. The fraction of sp³-hybridized carbons (Fsp3) is 0.318. The number of hydrogen-bond donors (Lipinski definition) is 0. The highest BCUT2D eigenvalue weighted by Gasteiger charge is 2.22. The van der Waals surface area contributed by atoms with E-state index in [9.17, 15) is 4.79 Å². The van der Waals surface area contributed by atoms with Crippen molar-refractivity contribution in [2.75, 3.05) is 31.1 Å². The van der Waals surface area contributed by atoms with Crippen molar-refractivity contribution in [2.24, 2.45) is 0 Å². The Hall–Kier alpha value is -2.73. The molecule has 4 rings (SSSR count). The Morgan fingerprint density at radius 3 is 2.57 bits per heavy atom. The molecule has 0 saturated carbocycles. The van der Waals surface area contributed by atoms with E-state index in [0.29, 0.717) is 6.54 Å². The molecule has 0 radical (unpaired) electrons. The SMILES string of the molecule is Cc1ccc(Cc2nsc(N3CCCN(C(=O)c4ccccc4)CC3)n2)cc1. The fourth-order valence-corrected chi connectivity index (χ4v) is 4.15. The zero-order chi connectivity index (χ0) is 19.3. The molecule has 1 aliphatic rings. The maximum Gasteiger partial charge on any atom is 0.253 e. The van der Waals surface area contributed by atoms with Crippen LogP contribution in [0.4, 0.5) is 5.13 Å². The van der Waals surface area contributed by atoms with Crippen LogP contribution in [0.3, 0.4) is 0 Å².